The van der Waals surface area contributed by atoms with Gasteiger partial charge in [0.1, 0.15) is 12.4 Å². The number of aryl methyl sites for hydroxylation is 1. The van der Waals surface area contributed by atoms with Crippen molar-refractivity contribution in [2.45, 2.75) is 44.9 Å². The molecule has 2 heterocycles. The van der Waals surface area contributed by atoms with Crippen molar-refractivity contribution in [3.8, 4) is 0 Å². The Morgan fingerprint density at radius 2 is 2.24 bits per heavy atom. The van der Waals surface area contributed by atoms with E-state index in [1.165, 1.54) is 0 Å². The van der Waals surface area contributed by atoms with E-state index in [0.717, 1.165) is 24.4 Å². The Labute approximate surface area is 146 Å². The lowest BCUT2D eigenvalue weighted by Crippen LogP contribution is -2.44. The summed E-state index contributed by atoms with van der Waals surface area (Å²) in [5.74, 6) is 1.53. The third-order valence-corrected chi connectivity index (χ3v) is 4.61. The van der Waals surface area contributed by atoms with Gasteiger partial charge in [0, 0.05) is 37.5 Å². The van der Waals surface area contributed by atoms with Crippen molar-refractivity contribution in [1.82, 2.24) is 25.1 Å². The van der Waals surface area contributed by atoms with E-state index in [-0.39, 0.29) is 24.5 Å². The fourth-order valence-electron chi connectivity index (χ4n) is 3.13. The highest BCUT2D eigenvalue weighted by molar-refractivity contribution is 5.95. The summed E-state index contributed by atoms with van der Waals surface area (Å²) in [6.07, 6.45) is 3.29. The number of aliphatic hydroxyl groups is 1. The first-order valence-electron chi connectivity index (χ1n) is 8.38. The molecule has 0 aliphatic heterocycles. The van der Waals surface area contributed by atoms with Gasteiger partial charge >= 0.3 is 0 Å². The van der Waals surface area contributed by atoms with Gasteiger partial charge in [-0.2, -0.15) is 0 Å². The fourth-order valence-corrected chi connectivity index (χ4v) is 3.13. The molecular weight excluding hydrogens is 322 g/mol. The molecule has 1 fully saturated rings. The molecule has 8 nitrogen and oxygen atoms in total. The van der Waals surface area contributed by atoms with Crippen LogP contribution in [0.4, 0.5) is 0 Å². The summed E-state index contributed by atoms with van der Waals surface area (Å²) in [6.45, 7) is 2.82. The fraction of sp³-hybridized carbons (Fsp3) is 0.529. The van der Waals surface area contributed by atoms with E-state index < -0.39 is 0 Å². The number of nitrogens with one attached hydrogen (secondary N) is 1. The Kier molecular flexibility index (Phi) is 5.40. The maximum Gasteiger partial charge on any atom is 0.253 e. The zero-order chi connectivity index (χ0) is 17.8. The molecule has 0 aromatic carbocycles. The van der Waals surface area contributed by atoms with Gasteiger partial charge in [-0.05, 0) is 31.9 Å². The van der Waals surface area contributed by atoms with E-state index in [0.29, 0.717) is 24.5 Å². The van der Waals surface area contributed by atoms with Crippen LogP contribution < -0.4 is 5.32 Å². The molecule has 0 spiro atoms. The van der Waals surface area contributed by atoms with Crippen LogP contribution in [0.25, 0.3) is 0 Å². The normalized spacial score (nSPS) is 19.5. The van der Waals surface area contributed by atoms with Crippen molar-refractivity contribution in [3.05, 3.63) is 41.2 Å². The Balaban J connectivity index is 1.60. The zero-order valence-electron chi connectivity index (χ0n) is 14.5. The summed E-state index contributed by atoms with van der Waals surface area (Å²) in [5, 5.41) is 20.7. The molecular formula is C17H23N5O3. The molecule has 1 saturated carbocycles. The summed E-state index contributed by atoms with van der Waals surface area (Å²) in [6, 6.07) is 3.66. The van der Waals surface area contributed by atoms with Crippen LogP contribution in [0.2, 0.25) is 0 Å². The SMILES string of the molecule is COCCn1c(CO)nnc1C1CC(NC(=O)c2cccnc2C)C1. The van der Waals surface area contributed by atoms with Crippen LogP contribution >= 0.6 is 0 Å². The molecule has 2 aromatic heterocycles. The first-order chi connectivity index (χ1) is 12.1. The lowest BCUT2D eigenvalue weighted by molar-refractivity contribution is 0.0905. The average molecular weight is 345 g/mol. The molecule has 25 heavy (non-hydrogen) atoms. The van der Waals surface area contributed by atoms with Gasteiger partial charge in [-0.1, -0.05) is 0 Å². The molecule has 1 aliphatic carbocycles. The van der Waals surface area contributed by atoms with Crippen molar-refractivity contribution in [1.29, 1.82) is 0 Å². The maximum atomic E-state index is 12.3. The van der Waals surface area contributed by atoms with Crippen molar-refractivity contribution < 1.29 is 14.6 Å². The summed E-state index contributed by atoms with van der Waals surface area (Å²) < 4.78 is 7.03. The predicted octanol–water partition coefficient (Wildman–Crippen LogP) is 0.796. The standard InChI is InChI=1S/C17H23N5O3/c1-11-14(4-3-5-18-11)17(24)19-13-8-12(9-13)16-21-20-15(10-23)22(16)6-7-25-2/h3-5,12-13,23H,6-10H2,1-2H3,(H,19,24). The molecule has 2 aromatic rings. The molecule has 3 rings (SSSR count). The highest BCUT2D eigenvalue weighted by Crippen LogP contribution is 2.36. The van der Waals surface area contributed by atoms with Gasteiger partial charge in [0.05, 0.1) is 12.2 Å². The number of ether oxygens (including phenoxy) is 1. The average Bonchev–Trinajstić information content (AvgIpc) is 2.98. The Morgan fingerprint density at radius 3 is 2.92 bits per heavy atom. The Morgan fingerprint density at radius 1 is 1.44 bits per heavy atom. The van der Waals surface area contributed by atoms with E-state index in [1.807, 2.05) is 11.5 Å². The second-order valence-electron chi connectivity index (χ2n) is 6.25. The first-order valence-corrected chi connectivity index (χ1v) is 8.38. The number of aromatic nitrogens is 4. The second-order valence-corrected chi connectivity index (χ2v) is 6.25. The van der Waals surface area contributed by atoms with Crippen molar-refractivity contribution in [2.75, 3.05) is 13.7 Å². The minimum atomic E-state index is -0.149. The van der Waals surface area contributed by atoms with E-state index in [4.69, 9.17) is 4.74 Å². The van der Waals surface area contributed by atoms with Crippen molar-refractivity contribution in [3.63, 3.8) is 0 Å². The topological polar surface area (TPSA) is 102 Å². The second kappa shape index (κ2) is 7.71. The summed E-state index contributed by atoms with van der Waals surface area (Å²) >= 11 is 0. The quantitative estimate of drug-likeness (QED) is 0.769. The molecule has 2 N–H and O–H groups in total. The van der Waals surface area contributed by atoms with Crippen LogP contribution in [-0.2, 0) is 17.9 Å². The molecule has 0 unspecified atom stereocenters. The van der Waals surface area contributed by atoms with Gasteiger partial charge in [0.15, 0.2) is 5.82 Å². The lowest BCUT2D eigenvalue weighted by atomic mass is 9.79. The smallest absolute Gasteiger partial charge is 0.253 e. The predicted molar refractivity (Wildman–Crippen MR) is 90.0 cm³/mol. The highest BCUT2D eigenvalue weighted by atomic mass is 16.5. The van der Waals surface area contributed by atoms with Gasteiger partial charge < -0.3 is 19.7 Å². The number of pyridine rings is 1. The van der Waals surface area contributed by atoms with E-state index >= 15 is 0 Å². The number of hydrogen-bond donors (Lipinski definition) is 2. The molecule has 1 aliphatic rings. The van der Waals surface area contributed by atoms with Crippen molar-refractivity contribution in [2.24, 2.45) is 0 Å². The molecule has 0 saturated heterocycles. The van der Waals surface area contributed by atoms with E-state index in [1.54, 1.807) is 25.4 Å². The van der Waals surface area contributed by atoms with Gasteiger partial charge in [-0.25, -0.2) is 0 Å². The number of carbonyl (C=O) groups is 1. The first kappa shape index (κ1) is 17.5. The van der Waals surface area contributed by atoms with E-state index in [2.05, 4.69) is 20.5 Å². The molecule has 1 amide bonds. The van der Waals surface area contributed by atoms with Crippen LogP contribution in [-0.4, -0.2) is 50.5 Å². The summed E-state index contributed by atoms with van der Waals surface area (Å²) in [5.41, 5.74) is 1.33. The Hall–Kier alpha value is -2.32. The number of amides is 1. The van der Waals surface area contributed by atoms with Crippen LogP contribution in [0.5, 0.6) is 0 Å². The third-order valence-electron chi connectivity index (χ3n) is 4.61. The maximum absolute atomic E-state index is 12.3. The van der Waals surface area contributed by atoms with Gasteiger partial charge in [-0.3, -0.25) is 9.78 Å². The Bertz CT molecular complexity index is 740. The lowest BCUT2D eigenvalue weighted by Gasteiger charge is -2.35. The number of methoxy groups -OCH3 is 1. The molecule has 0 bridgehead atoms. The van der Waals surface area contributed by atoms with Crippen molar-refractivity contribution >= 4 is 5.91 Å². The highest BCUT2D eigenvalue weighted by Gasteiger charge is 2.35. The molecule has 0 atom stereocenters. The summed E-state index contributed by atoms with van der Waals surface area (Å²) in [4.78, 5) is 16.5. The van der Waals surface area contributed by atoms with E-state index in [9.17, 15) is 9.90 Å². The number of aliphatic hydroxyl groups excluding tert-OH is 1. The van der Waals surface area contributed by atoms with Gasteiger partial charge in [0.25, 0.3) is 5.91 Å². The minimum absolute atomic E-state index is 0.0917. The van der Waals surface area contributed by atoms with Crippen LogP contribution in [0.15, 0.2) is 18.3 Å². The van der Waals surface area contributed by atoms with Crippen LogP contribution in [0.1, 0.15) is 46.5 Å². The summed E-state index contributed by atoms with van der Waals surface area (Å²) in [7, 11) is 1.64. The largest absolute Gasteiger partial charge is 0.388 e. The molecule has 134 valence electrons. The third kappa shape index (κ3) is 3.69. The van der Waals surface area contributed by atoms with Gasteiger partial charge in [-0.15, -0.1) is 10.2 Å². The zero-order valence-corrected chi connectivity index (χ0v) is 14.5. The molecule has 0 radical (unpaired) electrons. The monoisotopic (exact) mass is 345 g/mol. The minimum Gasteiger partial charge on any atom is -0.388 e. The number of rotatable bonds is 7. The number of nitrogens with zero attached hydrogens (tertiary/aromatic N) is 4. The number of hydrogen-bond acceptors (Lipinski definition) is 6. The van der Waals surface area contributed by atoms with Crippen LogP contribution in [0.3, 0.4) is 0 Å². The van der Waals surface area contributed by atoms with Gasteiger partial charge in [0.2, 0.25) is 0 Å². The van der Waals surface area contributed by atoms with Crippen LogP contribution in [0, 0.1) is 6.92 Å². The molecule has 8 heteroatoms. The number of carbonyl (C=O) groups excluding carboxylic acids is 1.